The van der Waals surface area contributed by atoms with Gasteiger partial charge < -0.3 is 9.47 Å². The minimum absolute atomic E-state index is 0.211. The highest BCUT2D eigenvalue weighted by molar-refractivity contribution is 6.45. The number of aromatic nitrogens is 2. The Balaban J connectivity index is 3.19. The summed E-state index contributed by atoms with van der Waals surface area (Å²) in [5.41, 5.74) is 0.708. The molecule has 0 saturated heterocycles. The number of nitrogens with zero attached hydrogens (tertiary/aromatic N) is 2. The first-order chi connectivity index (χ1) is 5.69. The number of hydrogen-bond acceptors (Lipinski definition) is 4. The highest BCUT2D eigenvalue weighted by Gasteiger charge is 2.08. The lowest BCUT2D eigenvalue weighted by Crippen LogP contribution is -2.13. The molecule has 0 bridgehead atoms. The average molecular weight is 186 g/mol. The normalized spacial score (nSPS) is 9.58. The summed E-state index contributed by atoms with van der Waals surface area (Å²) in [6.45, 7) is 0. The summed E-state index contributed by atoms with van der Waals surface area (Å²) in [6, 6.07) is 0.211. The number of halogens is 1. The van der Waals surface area contributed by atoms with Crippen LogP contribution >= 0.6 is 11.6 Å². The number of methoxy groups -OCH3 is 2. The molecule has 0 N–H and O–H groups in total. The van der Waals surface area contributed by atoms with Gasteiger partial charge in [-0.25, -0.2) is 0 Å². The molecule has 0 fully saturated rings. The fraction of sp³-hybridized carbons (Fsp3) is 0.333. The second-order valence-electron chi connectivity index (χ2n) is 2.14. The van der Waals surface area contributed by atoms with Gasteiger partial charge in [-0.05, 0) is 0 Å². The Hall–Kier alpha value is -0.965. The molecule has 1 heterocycles. The number of hydrogen-bond donors (Lipinski definition) is 0. The number of rotatable bonds is 2. The Morgan fingerprint density at radius 3 is 2.42 bits per heavy atom. The fourth-order valence-corrected chi connectivity index (χ4v) is 0.895. The van der Waals surface area contributed by atoms with Crippen LogP contribution < -0.4 is 14.9 Å². The van der Waals surface area contributed by atoms with Crippen LogP contribution in [-0.2, 0) is 0 Å². The Labute approximate surface area is 76.3 Å². The quantitative estimate of drug-likeness (QED) is 0.457. The molecule has 1 aromatic heterocycles. The van der Waals surface area contributed by atoms with Crippen molar-refractivity contribution < 1.29 is 9.47 Å². The predicted molar refractivity (Wildman–Crippen MR) is 48.3 cm³/mol. The van der Waals surface area contributed by atoms with Crippen LogP contribution in [0.15, 0.2) is 0 Å². The van der Waals surface area contributed by atoms with Crippen molar-refractivity contribution in [1.29, 1.82) is 0 Å². The first-order valence-corrected chi connectivity index (χ1v) is 3.69. The van der Waals surface area contributed by atoms with E-state index in [1.165, 1.54) is 14.2 Å². The Kier molecular flexibility index (Phi) is 2.76. The molecule has 6 heteroatoms. The molecule has 0 saturated carbocycles. The molecule has 0 amide bonds. The van der Waals surface area contributed by atoms with E-state index in [4.69, 9.17) is 21.1 Å². The van der Waals surface area contributed by atoms with Gasteiger partial charge in [0.2, 0.25) is 5.88 Å². The van der Waals surface area contributed by atoms with Crippen molar-refractivity contribution in [2.24, 2.45) is 0 Å². The van der Waals surface area contributed by atoms with E-state index in [1.54, 1.807) is 7.85 Å². The van der Waals surface area contributed by atoms with Crippen molar-refractivity contribution in [3.05, 3.63) is 5.15 Å². The smallest absolute Gasteiger partial charge is 0.320 e. The SMILES string of the molecule is Bc1c(Cl)nc(OC)nc1OC. The highest BCUT2D eigenvalue weighted by atomic mass is 35.5. The van der Waals surface area contributed by atoms with E-state index in [2.05, 4.69) is 9.97 Å². The summed E-state index contributed by atoms with van der Waals surface area (Å²) < 4.78 is 9.76. The lowest BCUT2D eigenvalue weighted by molar-refractivity contribution is 0.354. The Bertz CT molecular complexity index is 295. The lowest BCUT2D eigenvalue weighted by Gasteiger charge is -2.05. The van der Waals surface area contributed by atoms with Gasteiger partial charge in [-0.15, -0.1) is 0 Å². The molecule has 0 atom stereocenters. The van der Waals surface area contributed by atoms with E-state index < -0.39 is 0 Å². The van der Waals surface area contributed by atoms with Crippen LogP contribution in [0.1, 0.15) is 0 Å². The maximum absolute atomic E-state index is 5.77. The topological polar surface area (TPSA) is 44.2 Å². The van der Waals surface area contributed by atoms with E-state index in [9.17, 15) is 0 Å². The molecule has 0 aliphatic rings. The first kappa shape index (κ1) is 9.13. The lowest BCUT2D eigenvalue weighted by atomic mass is 10.00. The third kappa shape index (κ3) is 1.61. The van der Waals surface area contributed by atoms with Gasteiger partial charge in [0.1, 0.15) is 5.15 Å². The number of ether oxygens (including phenoxy) is 2. The summed E-state index contributed by atoms with van der Waals surface area (Å²) >= 11 is 5.77. The molecule has 0 aromatic carbocycles. The largest absolute Gasteiger partial charge is 0.481 e. The van der Waals surface area contributed by atoms with Crippen LogP contribution in [0.5, 0.6) is 11.9 Å². The highest BCUT2D eigenvalue weighted by Crippen LogP contribution is 2.12. The van der Waals surface area contributed by atoms with Gasteiger partial charge in [0.25, 0.3) is 0 Å². The molecular formula is C6H8BClN2O2. The van der Waals surface area contributed by atoms with Crippen LogP contribution in [0.4, 0.5) is 0 Å². The summed E-state index contributed by atoms with van der Waals surface area (Å²) in [5.74, 6) is 0.437. The minimum atomic E-state index is 0.211. The zero-order valence-corrected chi connectivity index (χ0v) is 7.84. The van der Waals surface area contributed by atoms with Crippen LogP contribution in [-0.4, -0.2) is 32.0 Å². The summed E-state index contributed by atoms with van der Waals surface area (Å²) in [6.07, 6.45) is 0. The molecule has 1 rings (SSSR count). The third-order valence-corrected chi connectivity index (χ3v) is 1.77. The molecule has 1 aromatic rings. The van der Waals surface area contributed by atoms with Crippen molar-refractivity contribution in [1.82, 2.24) is 9.97 Å². The van der Waals surface area contributed by atoms with Crippen LogP contribution in [0.25, 0.3) is 0 Å². The van der Waals surface area contributed by atoms with Gasteiger partial charge in [-0.2, -0.15) is 9.97 Å². The van der Waals surface area contributed by atoms with Crippen molar-refractivity contribution in [2.75, 3.05) is 14.2 Å². The standard InChI is InChI=1S/C6H8BClN2O2/c1-11-5-3(7)4(8)9-6(10-5)12-2/h7H2,1-2H3. The van der Waals surface area contributed by atoms with Crippen molar-refractivity contribution in [3.63, 3.8) is 0 Å². The zero-order valence-electron chi connectivity index (χ0n) is 7.09. The van der Waals surface area contributed by atoms with E-state index in [0.717, 1.165) is 0 Å². The molecule has 4 nitrogen and oxygen atoms in total. The maximum Gasteiger partial charge on any atom is 0.320 e. The molecule has 0 aliphatic heterocycles. The van der Waals surface area contributed by atoms with E-state index in [0.29, 0.717) is 16.5 Å². The van der Waals surface area contributed by atoms with Gasteiger partial charge in [0.05, 0.1) is 14.2 Å². The first-order valence-electron chi connectivity index (χ1n) is 3.31. The van der Waals surface area contributed by atoms with E-state index in [1.807, 2.05) is 0 Å². The van der Waals surface area contributed by atoms with Gasteiger partial charge in [-0.1, -0.05) is 11.6 Å². The van der Waals surface area contributed by atoms with Crippen LogP contribution in [0, 0.1) is 0 Å². The molecule has 0 unspecified atom stereocenters. The summed E-state index contributed by atoms with van der Waals surface area (Å²) in [7, 11) is 4.77. The van der Waals surface area contributed by atoms with Crippen molar-refractivity contribution in [3.8, 4) is 11.9 Å². The maximum atomic E-state index is 5.77. The molecule has 64 valence electrons. The van der Waals surface area contributed by atoms with Gasteiger partial charge in [0.15, 0.2) is 7.85 Å². The van der Waals surface area contributed by atoms with E-state index >= 15 is 0 Å². The fourth-order valence-electron chi connectivity index (χ4n) is 0.742. The Morgan fingerprint density at radius 1 is 1.25 bits per heavy atom. The molecule has 0 spiro atoms. The second kappa shape index (κ2) is 3.62. The molecule has 12 heavy (non-hydrogen) atoms. The zero-order chi connectivity index (χ0) is 9.14. The monoisotopic (exact) mass is 186 g/mol. The van der Waals surface area contributed by atoms with Gasteiger partial charge >= 0.3 is 6.01 Å². The predicted octanol–water partition coefficient (Wildman–Crippen LogP) is -0.594. The third-order valence-electron chi connectivity index (χ3n) is 1.40. The summed E-state index contributed by atoms with van der Waals surface area (Å²) in [4.78, 5) is 7.78. The van der Waals surface area contributed by atoms with Gasteiger partial charge in [0, 0.05) is 5.46 Å². The van der Waals surface area contributed by atoms with Crippen molar-refractivity contribution in [2.45, 2.75) is 0 Å². The van der Waals surface area contributed by atoms with Gasteiger partial charge in [-0.3, -0.25) is 0 Å². The average Bonchev–Trinajstić information content (AvgIpc) is 2.09. The van der Waals surface area contributed by atoms with Crippen molar-refractivity contribution >= 4 is 24.9 Å². The second-order valence-corrected chi connectivity index (χ2v) is 2.49. The molecular weight excluding hydrogens is 178 g/mol. The summed E-state index contributed by atoms with van der Waals surface area (Å²) in [5, 5.41) is 0.346. The van der Waals surface area contributed by atoms with Crippen LogP contribution in [0.3, 0.4) is 0 Å². The Morgan fingerprint density at radius 2 is 1.92 bits per heavy atom. The van der Waals surface area contributed by atoms with E-state index in [-0.39, 0.29) is 6.01 Å². The molecule has 0 radical (unpaired) electrons. The van der Waals surface area contributed by atoms with Crippen LogP contribution in [0.2, 0.25) is 5.15 Å². The minimum Gasteiger partial charge on any atom is -0.481 e. The molecule has 0 aliphatic carbocycles.